The van der Waals surface area contributed by atoms with Crippen LogP contribution in [0.15, 0.2) is 12.1 Å². The van der Waals surface area contributed by atoms with Crippen molar-refractivity contribution in [2.45, 2.75) is 45.6 Å². The van der Waals surface area contributed by atoms with E-state index in [-0.39, 0.29) is 18.1 Å². The largest absolute Gasteiger partial charge is 0.496 e. The average Bonchev–Trinajstić information content (AvgIpc) is 2.34. The summed E-state index contributed by atoms with van der Waals surface area (Å²) < 4.78 is 5.51. The Bertz CT molecular complexity index is 421. The highest BCUT2D eigenvalue weighted by Gasteiger charge is 2.22. The van der Waals surface area contributed by atoms with E-state index in [4.69, 9.17) is 4.74 Å². The molecule has 1 rings (SSSR count). The zero-order valence-corrected chi connectivity index (χ0v) is 13.0. The summed E-state index contributed by atoms with van der Waals surface area (Å²) in [6, 6.07) is 4.49. The Morgan fingerprint density at radius 1 is 1.32 bits per heavy atom. The second-order valence-electron chi connectivity index (χ2n) is 6.01. The fourth-order valence-electron chi connectivity index (χ4n) is 2.41. The van der Waals surface area contributed by atoms with E-state index in [1.54, 1.807) is 7.11 Å². The van der Waals surface area contributed by atoms with Gasteiger partial charge in [-0.25, -0.2) is 0 Å². The third-order valence-corrected chi connectivity index (χ3v) is 3.54. The van der Waals surface area contributed by atoms with Gasteiger partial charge in [-0.15, -0.1) is 0 Å². The van der Waals surface area contributed by atoms with Crippen molar-refractivity contribution in [2.24, 2.45) is 0 Å². The van der Waals surface area contributed by atoms with Crippen LogP contribution in [0, 0.1) is 6.92 Å². The van der Waals surface area contributed by atoms with Crippen molar-refractivity contribution in [2.75, 3.05) is 20.8 Å². The molecule has 0 heterocycles. The van der Waals surface area contributed by atoms with E-state index in [1.807, 2.05) is 7.05 Å². The minimum absolute atomic E-state index is 0.0330. The Hall–Kier alpha value is -1.06. The number of hydrogen-bond donors (Lipinski definition) is 2. The number of ether oxygens (including phenoxy) is 1. The molecule has 3 nitrogen and oxygen atoms in total. The highest BCUT2D eigenvalue weighted by atomic mass is 16.5. The zero-order chi connectivity index (χ0) is 14.6. The van der Waals surface area contributed by atoms with Crippen molar-refractivity contribution < 1.29 is 9.84 Å². The van der Waals surface area contributed by atoms with Gasteiger partial charge in [0, 0.05) is 12.6 Å². The maximum absolute atomic E-state index is 9.19. The molecule has 0 fully saturated rings. The average molecular weight is 265 g/mol. The molecule has 0 aromatic heterocycles. The molecule has 3 heteroatoms. The van der Waals surface area contributed by atoms with Gasteiger partial charge in [0.15, 0.2) is 0 Å². The highest BCUT2D eigenvalue weighted by molar-refractivity contribution is 5.46. The molecule has 0 aliphatic rings. The van der Waals surface area contributed by atoms with E-state index in [9.17, 15) is 5.11 Å². The molecule has 1 atom stereocenters. The molecule has 0 saturated carbocycles. The number of aliphatic hydroxyl groups is 1. The highest BCUT2D eigenvalue weighted by Crippen LogP contribution is 2.35. The second kappa shape index (κ2) is 6.40. The van der Waals surface area contributed by atoms with Crippen LogP contribution in [0.1, 0.15) is 49.9 Å². The van der Waals surface area contributed by atoms with E-state index in [1.165, 1.54) is 16.7 Å². The Morgan fingerprint density at radius 3 is 2.37 bits per heavy atom. The number of methoxy groups -OCH3 is 1. The molecule has 0 saturated heterocycles. The van der Waals surface area contributed by atoms with Crippen LogP contribution in [0.5, 0.6) is 5.75 Å². The van der Waals surface area contributed by atoms with Crippen molar-refractivity contribution in [1.29, 1.82) is 0 Å². The normalized spacial score (nSPS) is 13.4. The molecule has 0 bridgehead atoms. The summed E-state index contributed by atoms with van der Waals surface area (Å²) in [5.74, 6) is 0.938. The van der Waals surface area contributed by atoms with Crippen molar-refractivity contribution in [3.05, 3.63) is 28.8 Å². The van der Waals surface area contributed by atoms with E-state index >= 15 is 0 Å². The molecule has 2 N–H and O–H groups in total. The predicted molar refractivity (Wildman–Crippen MR) is 79.9 cm³/mol. The fraction of sp³-hybridized carbons (Fsp3) is 0.625. The number of aliphatic hydroxyl groups excluding tert-OH is 1. The molecule has 1 unspecified atom stereocenters. The van der Waals surface area contributed by atoms with E-state index < -0.39 is 0 Å². The lowest BCUT2D eigenvalue weighted by atomic mass is 9.83. The van der Waals surface area contributed by atoms with Crippen molar-refractivity contribution >= 4 is 0 Å². The minimum atomic E-state index is 0.0330. The van der Waals surface area contributed by atoms with Crippen LogP contribution in [0.4, 0.5) is 0 Å². The molecule has 0 spiro atoms. The number of aryl methyl sites for hydroxylation is 1. The molecule has 1 aromatic carbocycles. The van der Waals surface area contributed by atoms with Crippen molar-refractivity contribution in [1.82, 2.24) is 5.32 Å². The third-order valence-electron chi connectivity index (χ3n) is 3.54. The van der Waals surface area contributed by atoms with Crippen LogP contribution in [0.25, 0.3) is 0 Å². The standard InChI is InChI=1S/C16H27NO2/c1-11-9-15(19-6)13(16(2,3)4)10-12(11)14(17-5)7-8-18/h9-10,14,17-18H,7-8H2,1-6H3. The van der Waals surface area contributed by atoms with Gasteiger partial charge < -0.3 is 15.2 Å². The summed E-state index contributed by atoms with van der Waals surface area (Å²) in [4.78, 5) is 0. The Labute approximate surface area is 117 Å². The van der Waals surface area contributed by atoms with Gasteiger partial charge in [-0.1, -0.05) is 20.8 Å². The first kappa shape index (κ1) is 16.0. The first-order valence-corrected chi connectivity index (χ1v) is 6.82. The van der Waals surface area contributed by atoms with Gasteiger partial charge in [0.2, 0.25) is 0 Å². The SMILES string of the molecule is CNC(CCO)c1cc(C(C)(C)C)c(OC)cc1C. The van der Waals surface area contributed by atoms with Gasteiger partial charge in [-0.2, -0.15) is 0 Å². The van der Waals surface area contributed by atoms with Crippen molar-refractivity contribution in [3.63, 3.8) is 0 Å². The van der Waals surface area contributed by atoms with E-state index in [2.05, 4.69) is 45.1 Å². The molecule has 108 valence electrons. The van der Waals surface area contributed by atoms with Crippen LogP contribution in [-0.4, -0.2) is 25.9 Å². The molecule has 0 aliphatic heterocycles. The quantitative estimate of drug-likeness (QED) is 0.860. The summed E-state index contributed by atoms with van der Waals surface area (Å²) in [6.07, 6.45) is 0.716. The van der Waals surface area contributed by atoms with Crippen LogP contribution in [0.3, 0.4) is 0 Å². The Kier molecular flexibility index (Phi) is 5.39. The molecular formula is C16H27NO2. The third kappa shape index (κ3) is 3.71. The summed E-state index contributed by atoms with van der Waals surface area (Å²) in [5, 5.41) is 12.5. The molecule has 0 radical (unpaired) electrons. The minimum Gasteiger partial charge on any atom is -0.496 e. The van der Waals surface area contributed by atoms with E-state index in [0.717, 1.165) is 5.75 Å². The summed E-state index contributed by atoms with van der Waals surface area (Å²) >= 11 is 0. The smallest absolute Gasteiger partial charge is 0.122 e. The van der Waals surface area contributed by atoms with Gasteiger partial charge in [-0.05, 0) is 54.6 Å². The van der Waals surface area contributed by atoms with Gasteiger partial charge in [0.1, 0.15) is 5.75 Å². The zero-order valence-electron chi connectivity index (χ0n) is 13.0. The number of benzene rings is 1. The van der Waals surface area contributed by atoms with Gasteiger partial charge in [0.05, 0.1) is 7.11 Å². The second-order valence-corrected chi connectivity index (χ2v) is 6.01. The Morgan fingerprint density at radius 2 is 1.95 bits per heavy atom. The molecule has 0 amide bonds. The van der Waals surface area contributed by atoms with Crippen LogP contribution in [-0.2, 0) is 5.41 Å². The summed E-state index contributed by atoms with van der Waals surface area (Å²) in [7, 11) is 3.65. The fourth-order valence-corrected chi connectivity index (χ4v) is 2.41. The van der Waals surface area contributed by atoms with Crippen LogP contribution in [0.2, 0.25) is 0 Å². The molecule has 19 heavy (non-hydrogen) atoms. The van der Waals surface area contributed by atoms with E-state index in [0.29, 0.717) is 6.42 Å². The number of rotatable bonds is 5. The summed E-state index contributed by atoms with van der Waals surface area (Å²) in [5.41, 5.74) is 3.67. The van der Waals surface area contributed by atoms with Crippen LogP contribution < -0.4 is 10.1 Å². The first-order valence-electron chi connectivity index (χ1n) is 6.82. The monoisotopic (exact) mass is 265 g/mol. The topological polar surface area (TPSA) is 41.5 Å². The maximum Gasteiger partial charge on any atom is 0.122 e. The molecular weight excluding hydrogens is 238 g/mol. The molecule has 0 aliphatic carbocycles. The van der Waals surface area contributed by atoms with Gasteiger partial charge in [0.25, 0.3) is 0 Å². The lowest BCUT2D eigenvalue weighted by Crippen LogP contribution is -2.21. The number of nitrogens with one attached hydrogen (secondary N) is 1. The van der Waals surface area contributed by atoms with Crippen LogP contribution >= 0.6 is 0 Å². The molecule has 1 aromatic rings. The predicted octanol–water partition coefficient (Wildman–Crippen LogP) is 2.94. The lowest BCUT2D eigenvalue weighted by molar-refractivity contribution is 0.268. The van der Waals surface area contributed by atoms with Crippen molar-refractivity contribution in [3.8, 4) is 5.75 Å². The maximum atomic E-state index is 9.19. The Balaban J connectivity index is 3.34. The lowest BCUT2D eigenvalue weighted by Gasteiger charge is -2.26. The first-order chi connectivity index (χ1) is 8.85. The summed E-state index contributed by atoms with van der Waals surface area (Å²) in [6.45, 7) is 8.83. The van der Waals surface area contributed by atoms with Gasteiger partial charge >= 0.3 is 0 Å². The van der Waals surface area contributed by atoms with Gasteiger partial charge in [-0.3, -0.25) is 0 Å². The number of hydrogen-bond acceptors (Lipinski definition) is 3.